The van der Waals surface area contributed by atoms with Gasteiger partial charge in [0.15, 0.2) is 11.5 Å². The van der Waals surface area contributed by atoms with Crippen LogP contribution in [0.25, 0.3) is 11.3 Å². The average Bonchev–Trinajstić information content (AvgIpc) is 3.37. The Labute approximate surface area is 143 Å². The third-order valence-electron chi connectivity index (χ3n) is 4.46. The Balaban J connectivity index is 1.54. The van der Waals surface area contributed by atoms with Crippen molar-refractivity contribution in [3.63, 3.8) is 0 Å². The Morgan fingerprint density at radius 3 is 3.00 bits per heavy atom. The first kappa shape index (κ1) is 15.6. The van der Waals surface area contributed by atoms with Crippen LogP contribution in [0.15, 0.2) is 53.3 Å². The molecule has 4 rings (SSSR count). The molecule has 1 aliphatic rings. The van der Waals surface area contributed by atoms with Crippen LogP contribution in [0.1, 0.15) is 23.3 Å². The van der Waals surface area contributed by atoms with E-state index in [9.17, 15) is 9.18 Å². The Kier molecular flexibility index (Phi) is 4.05. The molecule has 0 unspecified atom stereocenters. The maximum atomic E-state index is 13.9. The summed E-state index contributed by atoms with van der Waals surface area (Å²) >= 11 is 0. The zero-order valence-electron chi connectivity index (χ0n) is 13.5. The van der Waals surface area contributed by atoms with Gasteiger partial charge in [-0.15, -0.1) is 0 Å². The number of nitrogens with zero attached hydrogens (tertiary/aromatic N) is 4. The summed E-state index contributed by atoms with van der Waals surface area (Å²) in [6.07, 6.45) is 5.46. The van der Waals surface area contributed by atoms with E-state index >= 15 is 0 Å². The molecule has 128 valence electrons. The van der Waals surface area contributed by atoms with Crippen molar-refractivity contribution in [1.82, 2.24) is 19.8 Å². The normalized spacial score (nSPS) is 17.2. The van der Waals surface area contributed by atoms with E-state index < -0.39 is 5.82 Å². The molecule has 7 heteroatoms. The molecule has 3 heterocycles. The van der Waals surface area contributed by atoms with E-state index in [1.807, 2.05) is 16.9 Å². The van der Waals surface area contributed by atoms with Gasteiger partial charge in [0, 0.05) is 25.0 Å². The molecule has 1 saturated heterocycles. The van der Waals surface area contributed by atoms with Crippen LogP contribution in [0.4, 0.5) is 4.39 Å². The summed E-state index contributed by atoms with van der Waals surface area (Å²) < 4.78 is 20.9. The van der Waals surface area contributed by atoms with Gasteiger partial charge in [-0.05, 0) is 31.0 Å². The predicted octanol–water partition coefficient (Wildman–Crippen LogP) is 2.98. The van der Waals surface area contributed by atoms with E-state index in [4.69, 9.17) is 4.52 Å². The molecule has 2 aromatic heterocycles. The van der Waals surface area contributed by atoms with Crippen molar-refractivity contribution in [2.75, 3.05) is 6.54 Å². The van der Waals surface area contributed by atoms with Gasteiger partial charge in [0.1, 0.15) is 5.82 Å². The van der Waals surface area contributed by atoms with E-state index in [2.05, 4.69) is 10.3 Å². The Morgan fingerprint density at radius 2 is 2.20 bits per heavy atom. The first-order chi connectivity index (χ1) is 12.2. The first-order valence-electron chi connectivity index (χ1n) is 8.22. The van der Waals surface area contributed by atoms with Crippen molar-refractivity contribution in [3.8, 4) is 11.3 Å². The van der Waals surface area contributed by atoms with Crippen LogP contribution in [0, 0.1) is 5.82 Å². The minimum absolute atomic E-state index is 0.0704. The maximum Gasteiger partial charge on any atom is 0.276 e. The lowest BCUT2D eigenvalue weighted by Crippen LogP contribution is -2.38. The van der Waals surface area contributed by atoms with Crippen molar-refractivity contribution in [2.45, 2.75) is 25.4 Å². The summed E-state index contributed by atoms with van der Waals surface area (Å²) in [4.78, 5) is 14.6. The minimum atomic E-state index is -0.407. The average molecular weight is 340 g/mol. The number of hydrogen-bond donors (Lipinski definition) is 0. The van der Waals surface area contributed by atoms with Gasteiger partial charge in [0.05, 0.1) is 18.2 Å². The molecule has 1 aliphatic heterocycles. The number of halogens is 1. The summed E-state index contributed by atoms with van der Waals surface area (Å²) in [6, 6.07) is 9.69. The summed E-state index contributed by atoms with van der Waals surface area (Å²) in [5.74, 6) is -0.347. The van der Waals surface area contributed by atoms with Crippen molar-refractivity contribution >= 4 is 5.91 Å². The van der Waals surface area contributed by atoms with Crippen LogP contribution < -0.4 is 0 Å². The molecule has 1 fully saturated rings. The molecule has 1 aromatic carbocycles. The SMILES string of the molecule is O=C(c1cc(-c2ccccc2F)on1)N1CCC[C@H]1Cn1cccn1. The highest BCUT2D eigenvalue weighted by molar-refractivity contribution is 5.93. The van der Waals surface area contributed by atoms with Crippen LogP contribution in [0.2, 0.25) is 0 Å². The smallest absolute Gasteiger partial charge is 0.276 e. The second-order valence-corrected chi connectivity index (χ2v) is 6.08. The third-order valence-corrected chi connectivity index (χ3v) is 4.46. The van der Waals surface area contributed by atoms with Gasteiger partial charge in [-0.3, -0.25) is 9.48 Å². The standard InChI is InChI=1S/C18H17FN4O2/c19-15-7-2-1-6-14(15)17-11-16(21-25-17)18(24)23-10-3-5-13(23)12-22-9-4-8-20-22/h1-2,4,6-9,11,13H,3,5,10,12H2/t13-/m0/s1. The molecule has 25 heavy (non-hydrogen) atoms. The monoisotopic (exact) mass is 340 g/mol. The van der Waals surface area contributed by atoms with E-state index in [1.54, 1.807) is 29.3 Å². The lowest BCUT2D eigenvalue weighted by atomic mass is 10.1. The van der Waals surface area contributed by atoms with Crippen molar-refractivity contribution < 1.29 is 13.7 Å². The van der Waals surface area contributed by atoms with E-state index in [1.165, 1.54) is 12.1 Å². The molecule has 1 atom stereocenters. The second kappa shape index (κ2) is 6.51. The zero-order valence-corrected chi connectivity index (χ0v) is 13.5. The number of carbonyl (C=O) groups excluding carboxylic acids is 1. The van der Waals surface area contributed by atoms with Crippen LogP contribution in [-0.4, -0.2) is 38.3 Å². The van der Waals surface area contributed by atoms with Crippen molar-refractivity contribution in [3.05, 3.63) is 60.3 Å². The molecule has 6 nitrogen and oxygen atoms in total. The molecule has 0 N–H and O–H groups in total. The Bertz CT molecular complexity index is 875. The highest BCUT2D eigenvalue weighted by atomic mass is 19.1. The van der Waals surface area contributed by atoms with E-state index in [0.29, 0.717) is 18.7 Å². The van der Waals surface area contributed by atoms with Crippen LogP contribution in [0.5, 0.6) is 0 Å². The fraction of sp³-hybridized carbons (Fsp3) is 0.278. The largest absolute Gasteiger partial charge is 0.355 e. The van der Waals surface area contributed by atoms with Gasteiger partial charge in [-0.1, -0.05) is 17.3 Å². The number of hydrogen-bond acceptors (Lipinski definition) is 4. The maximum absolute atomic E-state index is 13.9. The number of amides is 1. The minimum Gasteiger partial charge on any atom is -0.355 e. The van der Waals surface area contributed by atoms with E-state index in [-0.39, 0.29) is 23.4 Å². The fourth-order valence-corrected chi connectivity index (χ4v) is 3.23. The highest BCUT2D eigenvalue weighted by Crippen LogP contribution is 2.26. The molecule has 1 amide bonds. The van der Waals surface area contributed by atoms with Gasteiger partial charge in [0.25, 0.3) is 5.91 Å². The molecule has 0 saturated carbocycles. The van der Waals surface area contributed by atoms with Gasteiger partial charge in [0.2, 0.25) is 0 Å². The lowest BCUT2D eigenvalue weighted by molar-refractivity contribution is 0.0711. The van der Waals surface area contributed by atoms with Crippen molar-refractivity contribution in [1.29, 1.82) is 0 Å². The number of benzene rings is 1. The van der Waals surface area contributed by atoms with Crippen LogP contribution >= 0.6 is 0 Å². The van der Waals surface area contributed by atoms with Gasteiger partial charge in [-0.25, -0.2) is 4.39 Å². The molecule has 0 spiro atoms. The van der Waals surface area contributed by atoms with Gasteiger partial charge < -0.3 is 9.42 Å². The summed E-state index contributed by atoms with van der Waals surface area (Å²) in [7, 11) is 0. The fourth-order valence-electron chi connectivity index (χ4n) is 3.23. The Morgan fingerprint density at radius 1 is 1.32 bits per heavy atom. The van der Waals surface area contributed by atoms with Crippen LogP contribution in [0.3, 0.4) is 0 Å². The molecular weight excluding hydrogens is 323 g/mol. The highest BCUT2D eigenvalue weighted by Gasteiger charge is 2.31. The summed E-state index contributed by atoms with van der Waals surface area (Å²) in [6.45, 7) is 1.32. The van der Waals surface area contributed by atoms with Gasteiger partial charge in [-0.2, -0.15) is 5.10 Å². The molecular formula is C18H17FN4O2. The van der Waals surface area contributed by atoms with Crippen molar-refractivity contribution in [2.24, 2.45) is 0 Å². The summed E-state index contributed by atoms with van der Waals surface area (Å²) in [5.41, 5.74) is 0.495. The summed E-state index contributed by atoms with van der Waals surface area (Å²) in [5, 5.41) is 8.06. The second-order valence-electron chi connectivity index (χ2n) is 6.08. The van der Waals surface area contributed by atoms with Crippen LogP contribution in [-0.2, 0) is 6.54 Å². The predicted molar refractivity (Wildman–Crippen MR) is 88.2 cm³/mol. The quantitative estimate of drug-likeness (QED) is 0.732. The lowest BCUT2D eigenvalue weighted by Gasteiger charge is -2.23. The first-order valence-corrected chi connectivity index (χ1v) is 8.22. The topological polar surface area (TPSA) is 64.2 Å². The van der Waals surface area contributed by atoms with E-state index in [0.717, 1.165) is 12.8 Å². The number of likely N-dealkylation sites (tertiary alicyclic amines) is 1. The Hall–Kier alpha value is -2.96. The molecule has 0 bridgehead atoms. The molecule has 0 aliphatic carbocycles. The third kappa shape index (κ3) is 3.05. The zero-order chi connectivity index (χ0) is 17.2. The number of carbonyl (C=O) groups is 1. The molecule has 3 aromatic rings. The number of rotatable bonds is 4. The number of aromatic nitrogens is 3. The van der Waals surface area contributed by atoms with Gasteiger partial charge >= 0.3 is 0 Å². The molecule has 0 radical (unpaired) electrons.